The third-order valence-corrected chi connectivity index (χ3v) is 7.92. The van der Waals surface area contributed by atoms with Crippen molar-refractivity contribution in [3.63, 3.8) is 0 Å². The Morgan fingerprint density at radius 2 is 1.45 bits per heavy atom. The molecule has 40 heavy (non-hydrogen) atoms. The van der Waals surface area contributed by atoms with Crippen LogP contribution in [0.25, 0.3) is 10.9 Å². The largest absolute Gasteiger partial charge is 0.361 e. The smallest absolute Gasteiger partial charge is 0.326 e. The van der Waals surface area contributed by atoms with Gasteiger partial charge in [-0.25, -0.2) is 4.79 Å². The van der Waals surface area contributed by atoms with Gasteiger partial charge in [-0.15, -0.1) is 0 Å². The number of H-pyrrole nitrogens is 1. The highest BCUT2D eigenvalue weighted by Gasteiger charge is 2.22. The number of aromatic amines is 1. The van der Waals surface area contributed by atoms with Crippen molar-refractivity contribution in [1.29, 1.82) is 0 Å². The van der Waals surface area contributed by atoms with Crippen LogP contribution in [0.1, 0.15) is 107 Å². The molecule has 0 bridgehead atoms. The molecule has 0 fully saturated rings. The van der Waals surface area contributed by atoms with Crippen LogP contribution in [-0.4, -0.2) is 11.0 Å². The minimum atomic E-state index is -0.107. The lowest BCUT2D eigenvalue weighted by Crippen LogP contribution is -2.35. The van der Waals surface area contributed by atoms with Gasteiger partial charge in [-0.1, -0.05) is 115 Å². The summed E-state index contributed by atoms with van der Waals surface area (Å²) in [7, 11) is 0. The summed E-state index contributed by atoms with van der Waals surface area (Å²) >= 11 is 0. The topological polar surface area (TPSA) is 48.1 Å². The molecule has 4 rings (SSSR count). The van der Waals surface area contributed by atoms with Crippen LogP contribution < -0.4 is 10.2 Å². The van der Waals surface area contributed by atoms with Crippen LogP contribution in [0.3, 0.4) is 0 Å². The minimum absolute atomic E-state index is 0.107. The highest BCUT2D eigenvalue weighted by molar-refractivity contribution is 6.03. The number of benzene rings is 3. The van der Waals surface area contributed by atoms with Crippen molar-refractivity contribution in [3.05, 3.63) is 95.2 Å². The second-order valence-electron chi connectivity index (χ2n) is 11.7. The molecule has 4 heteroatoms. The molecule has 4 nitrogen and oxygen atoms in total. The molecule has 0 saturated carbocycles. The van der Waals surface area contributed by atoms with E-state index in [2.05, 4.69) is 106 Å². The number of aromatic nitrogens is 1. The van der Waals surface area contributed by atoms with Gasteiger partial charge in [0.05, 0.1) is 6.54 Å². The van der Waals surface area contributed by atoms with Gasteiger partial charge in [-0.05, 0) is 65.1 Å². The molecular formula is C36H47N3O. The molecule has 0 unspecified atom stereocenters. The van der Waals surface area contributed by atoms with Crippen molar-refractivity contribution in [2.75, 3.05) is 10.2 Å². The zero-order valence-corrected chi connectivity index (χ0v) is 25.1. The van der Waals surface area contributed by atoms with Crippen LogP contribution in [0.2, 0.25) is 0 Å². The van der Waals surface area contributed by atoms with Gasteiger partial charge < -0.3 is 10.3 Å². The summed E-state index contributed by atoms with van der Waals surface area (Å²) in [4.78, 5) is 19.4. The Labute approximate surface area is 241 Å². The number of hydrogen-bond donors (Lipinski definition) is 2. The molecule has 212 valence electrons. The van der Waals surface area contributed by atoms with Gasteiger partial charge in [0.2, 0.25) is 0 Å². The standard InChI is InChI=1S/C36H47N3O/c1-6-7-8-9-10-11-15-28-20-22-30(23-21-28)39(25-29-24-37-34-19-13-12-16-33(29)34)36(40)38-35-31(26(2)3)17-14-18-32(35)27(4)5/h12-14,16-24,26-27,37H,6-11,15,25H2,1-5H3,(H,38,40). The highest BCUT2D eigenvalue weighted by Crippen LogP contribution is 2.33. The summed E-state index contributed by atoms with van der Waals surface area (Å²) < 4.78 is 0. The van der Waals surface area contributed by atoms with Crippen LogP contribution in [0.5, 0.6) is 0 Å². The first-order valence-corrected chi connectivity index (χ1v) is 15.2. The molecule has 0 saturated heterocycles. The van der Waals surface area contributed by atoms with Gasteiger partial charge in [-0.2, -0.15) is 0 Å². The van der Waals surface area contributed by atoms with E-state index in [0.29, 0.717) is 18.4 Å². The van der Waals surface area contributed by atoms with Crippen molar-refractivity contribution in [2.45, 2.75) is 97.9 Å². The maximum atomic E-state index is 14.1. The molecule has 0 aliphatic rings. The Kier molecular flexibility index (Phi) is 10.5. The van der Waals surface area contributed by atoms with E-state index in [0.717, 1.165) is 34.3 Å². The van der Waals surface area contributed by atoms with Crippen molar-refractivity contribution in [1.82, 2.24) is 4.98 Å². The van der Waals surface area contributed by atoms with Crippen LogP contribution in [0, 0.1) is 0 Å². The number of amides is 2. The lowest BCUT2D eigenvalue weighted by Gasteiger charge is -2.26. The summed E-state index contributed by atoms with van der Waals surface area (Å²) in [6.45, 7) is 11.5. The van der Waals surface area contributed by atoms with E-state index < -0.39 is 0 Å². The number of hydrogen-bond acceptors (Lipinski definition) is 1. The summed E-state index contributed by atoms with van der Waals surface area (Å²) in [5.74, 6) is 0.606. The average Bonchev–Trinajstić information content (AvgIpc) is 3.36. The molecular weight excluding hydrogens is 490 g/mol. The summed E-state index contributed by atoms with van der Waals surface area (Å²) in [6, 6.07) is 23.1. The number of nitrogens with zero attached hydrogens (tertiary/aromatic N) is 1. The lowest BCUT2D eigenvalue weighted by molar-refractivity contribution is 0.256. The van der Waals surface area contributed by atoms with Gasteiger partial charge in [0, 0.05) is 28.5 Å². The number of unbranched alkanes of at least 4 members (excludes halogenated alkanes) is 5. The lowest BCUT2D eigenvalue weighted by atomic mass is 9.93. The predicted molar refractivity (Wildman–Crippen MR) is 172 cm³/mol. The normalized spacial score (nSPS) is 11.5. The number of nitrogens with one attached hydrogen (secondary N) is 2. The van der Waals surface area contributed by atoms with E-state index in [4.69, 9.17) is 0 Å². The fourth-order valence-corrected chi connectivity index (χ4v) is 5.53. The van der Waals surface area contributed by atoms with Crippen molar-refractivity contribution in [2.24, 2.45) is 0 Å². The van der Waals surface area contributed by atoms with E-state index in [-0.39, 0.29) is 6.03 Å². The van der Waals surface area contributed by atoms with E-state index in [1.54, 1.807) is 0 Å². The SMILES string of the molecule is CCCCCCCCc1ccc(N(Cc2c[nH]c3ccccc23)C(=O)Nc2c(C(C)C)cccc2C(C)C)cc1. The predicted octanol–water partition coefficient (Wildman–Crippen LogP) is 10.6. The molecule has 2 amide bonds. The maximum absolute atomic E-state index is 14.1. The molecule has 2 N–H and O–H groups in total. The van der Waals surface area contributed by atoms with Gasteiger partial charge in [0.1, 0.15) is 0 Å². The number of fused-ring (bicyclic) bond motifs is 1. The summed E-state index contributed by atoms with van der Waals surface area (Å²) in [5, 5.41) is 4.49. The summed E-state index contributed by atoms with van der Waals surface area (Å²) in [5.41, 5.74) is 7.70. The molecule has 0 aliphatic heterocycles. The molecule has 1 heterocycles. The highest BCUT2D eigenvalue weighted by atomic mass is 16.2. The third-order valence-electron chi connectivity index (χ3n) is 7.92. The van der Waals surface area contributed by atoms with Crippen LogP contribution >= 0.6 is 0 Å². The Hall–Kier alpha value is -3.53. The number of urea groups is 1. The number of aryl methyl sites for hydroxylation is 1. The Morgan fingerprint density at radius 3 is 2.12 bits per heavy atom. The fourth-order valence-electron chi connectivity index (χ4n) is 5.53. The molecule has 0 spiro atoms. The molecule has 0 aliphatic carbocycles. The maximum Gasteiger partial charge on any atom is 0.326 e. The Balaban J connectivity index is 1.60. The fraction of sp³-hybridized carbons (Fsp3) is 0.417. The van der Waals surface area contributed by atoms with E-state index >= 15 is 0 Å². The van der Waals surface area contributed by atoms with Crippen LogP contribution in [-0.2, 0) is 13.0 Å². The molecule has 0 atom stereocenters. The van der Waals surface area contributed by atoms with Gasteiger partial charge in [-0.3, -0.25) is 4.90 Å². The van der Waals surface area contributed by atoms with Crippen molar-refractivity contribution in [3.8, 4) is 0 Å². The molecule has 3 aromatic carbocycles. The Bertz CT molecular complexity index is 1340. The zero-order chi connectivity index (χ0) is 28.5. The second-order valence-corrected chi connectivity index (χ2v) is 11.7. The van der Waals surface area contributed by atoms with Gasteiger partial charge in [0.25, 0.3) is 0 Å². The Morgan fingerprint density at radius 1 is 0.800 bits per heavy atom. The van der Waals surface area contributed by atoms with E-state index in [9.17, 15) is 4.79 Å². The first kappa shape index (κ1) is 29.5. The molecule has 1 aromatic heterocycles. The van der Waals surface area contributed by atoms with Crippen LogP contribution in [0.4, 0.5) is 16.2 Å². The van der Waals surface area contributed by atoms with E-state index in [1.165, 1.54) is 55.2 Å². The number of carbonyl (C=O) groups is 1. The van der Waals surface area contributed by atoms with E-state index in [1.807, 2.05) is 17.2 Å². The number of anilines is 2. The summed E-state index contributed by atoms with van der Waals surface area (Å²) in [6.07, 6.45) is 10.9. The first-order valence-electron chi connectivity index (χ1n) is 15.2. The molecule has 0 radical (unpaired) electrons. The third kappa shape index (κ3) is 7.35. The van der Waals surface area contributed by atoms with Gasteiger partial charge in [0.15, 0.2) is 0 Å². The average molecular weight is 538 g/mol. The molecule has 4 aromatic rings. The second kappa shape index (κ2) is 14.2. The van der Waals surface area contributed by atoms with Crippen molar-refractivity contribution >= 4 is 28.3 Å². The number of rotatable bonds is 13. The zero-order valence-electron chi connectivity index (χ0n) is 25.1. The van der Waals surface area contributed by atoms with Crippen LogP contribution in [0.15, 0.2) is 72.9 Å². The first-order chi connectivity index (χ1) is 19.4. The van der Waals surface area contributed by atoms with Gasteiger partial charge >= 0.3 is 6.03 Å². The quantitative estimate of drug-likeness (QED) is 0.164. The number of carbonyl (C=O) groups excluding carboxylic acids is 1. The van der Waals surface area contributed by atoms with Crippen molar-refractivity contribution < 1.29 is 4.79 Å². The monoisotopic (exact) mass is 537 g/mol. The number of para-hydroxylation sites is 2. The minimum Gasteiger partial charge on any atom is -0.361 e.